The maximum atomic E-state index is 6.38. The second-order valence-electron chi connectivity index (χ2n) is 6.01. The first kappa shape index (κ1) is 15.0. The second kappa shape index (κ2) is 5.54. The van der Waals surface area contributed by atoms with Crippen LogP contribution in [0, 0.1) is 13.8 Å². The summed E-state index contributed by atoms with van der Waals surface area (Å²) in [7, 11) is 0. The van der Waals surface area contributed by atoms with Crippen molar-refractivity contribution < 1.29 is 0 Å². The third-order valence-corrected chi connectivity index (χ3v) is 3.24. The summed E-state index contributed by atoms with van der Waals surface area (Å²) in [6, 6.07) is 6.03. The summed E-state index contributed by atoms with van der Waals surface area (Å²) in [5.41, 5.74) is 2.11. The van der Waals surface area contributed by atoms with E-state index in [-0.39, 0.29) is 5.54 Å². The Morgan fingerprint density at radius 2 is 1.95 bits per heavy atom. The molecule has 4 nitrogen and oxygen atoms in total. The molecule has 0 saturated heterocycles. The Morgan fingerprint density at radius 3 is 2.45 bits per heavy atom. The molecular formula is C15H21ClN4. The van der Waals surface area contributed by atoms with Crippen molar-refractivity contribution in [1.82, 2.24) is 20.1 Å². The molecule has 0 bridgehead atoms. The first-order chi connectivity index (χ1) is 9.26. The lowest BCUT2D eigenvalue weighted by Gasteiger charge is -2.20. The maximum absolute atomic E-state index is 6.38. The van der Waals surface area contributed by atoms with E-state index in [4.69, 9.17) is 11.6 Å². The van der Waals surface area contributed by atoms with Crippen LogP contribution in [0.25, 0.3) is 5.69 Å². The zero-order valence-electron chi connectivity index (χ0n) is 12.7. The highest BCUT2D eigenvalue weighted by Crippen LogP contribution is 2.22. The second-order valence-corrected chi connectivity index (χ2v) is 6.41. The Kier molecular flexibility index (Phi) is 4.16. The molecule has 1 heterocycles. The van der Waals surface area contributed by atoms with Crippen LogP contribution in [0.1, 0.15) is 38.0 Å². The fourth-order valence-electron chi connectivity index (χ4n) is 1.95. The molecule has 108 valence electrons. The highest BCUT2D eigenvalue weighted by atomic mass is 35.5. The lowest BCUT2D eigenvalue weighted by Crippen LogP contribution is -2.35. The Bertz CT molecular complexity index is 611. The molecule has 0 aliphatic rings. The van der Waals surface area contributed by atoms with E-state index >= 15 is 0 Å². The van der Waals surface area contributed by atoms with Crippen molar-refractivity contribution in [3.63, 3.8) is 0 Å². The number of hydrogen-bond acceptors (Lipinski definition) is 3. The Labute approximate surface area is 125 Å². The fourth-order valence-corrected chi connectivity index (χ4v) is 2.23. The van der Waals surface area contributed by atoms with Crippen molar-refractivity contribution in [2.45, 2.75) is 46.7 Å². The molecular weight excluding hydrogens is 272 g/mol. The minimum atomic E-state index is 0.0880. The Morgan fingerprint density at radius 1 is 1.25 bits per heavy atom. The number of rotatable bonds is 3. The standard InChI is InChI=1S/C15H21ClN4/c1-10-18-11(2)20(19-10)14-7-6-12(8-13(14)16)9-17-15(3,4)5/h6-8,17H,9H2,1-5H3. The predicted molar refractivity (Wildman–Crippen MR) is 82.4 cm³/mol. The summed E-state index contributed by atoms with van der Waals surface area (Å²) in [6.45, 7) is 11.0. The SMILES string of the molecule is Cc1nc(C)n(-c2ccc(CNC(C)(C)C)cc2Cl)n1. The monoisotopic (exact) mass is 292 g/mol. The molecule has 1 aromatic carbocycles. The summed E-state index contributed by atoms with van der Waals surface area (Å²) in [4.78, 5) is 4.30. The third kappa shape index (κ3) is 3.58. The summed E-state index contributed by atoms with van der Waals surface area (Å²) in [5.74, 6) is 1.59. The normalized spacial score (nSPS) is 11.9. The van der Waals surface area contributed by atoms with Gasteiger partial charge in [-0.15, -0.1) is 0 Å². The lowest BCUT2D eigenvalue weighted by molar-refractivity contribution is 0.424. The van der Waals surface area contributed by atoms with Gasteiger partial charge in [-0.25, -0.2) is 9.67 Å². The molecule has 2 aromatic rings. The molecule has 0 aliphatic heterocycles. The van der Waals surface area contributed by atoms with E-state index in [1.54, 1.807) is 4.68 Å². The van der Waals surface area contributed by atoms with Gasteiger partial charge in [0, 0.05) is 12.1 Å². The van der Waals surface area contributed by atoms with Gasteiger partial charge in [0.2, 0.25) is 0 Å². The third-order valence-electron chi connectivity index (χ3n) is 2.94. The van der Waals surface area contributed by atoms with Crippen LogP contribution >= 0.6 is 11.6 Å². The molecule has 0 aliphatic carbocycles. The summed E-state index contributed by atoms with van der Waals surface area (Å²) < 4.78 is 1.78. The molecule has 0 radical (unpaired) electrons. The van der Waals surface area contributed by atoms with Crippen LogP contribution in [0.4, 0.5) is 0 Å². The number of benzene rings is 1. The maximum Gasteiger partial charge on any atom is 0.148 e. The molecule has 0 spiro atoms. The molecule has 1 aromatic heterocycles. The van der Waals surface area contributed by atoms with Gasteiger partial charge in [-0.05, 0) is 52.3 Å². The van der Waals surface area contributed by atoms with E-state index < -0.39 is 0 Å². The van der Waals surface area contributed by atoms with Crippen molar-refractivity contribution in [3.05, 3.63) is 40.4 Å². The van der Waals surface area contributed by atoms with Crippen LogP contribution in [0.5, 0.6) is 0 Å². The van der Waals surface area contributed by atoms with Crippen molar-refractivity contribution in [2.75, 3.05) is 0 Å². The molecule has 20 heavy (non-hydrogen) atoms. The van der Waals surface area contributed by atoms with Crippen LogP contribution in [-0.2, 0) is 6.54 Å². The molecule has 0 unspecified atom stereocenters. The lowest BCUT2D eigenvalue weighted by atomic mass is 10.1. The van der Waals surface area contributed by atoms with E-state index in [2.05, 4.69) is 42.2 Å². The van der Waals surface area contributed by atoms with Gasteiger partial charge in [-0.1, -0.05) is 17.7 Å². The van der Waals surface area contributed by atoms with E-state index in [1.165, 1.54) is 0 Å². The Balaban J connectivity index is 2.24. The number of aromatic nitrogens is 3. The van der Waals surface area contributed by atoms with E-state index in [0.717, 1.165) is 29.4 Å². The number of nitrogens with zero attached hydrogens (tertiary/aromatic N) is 3. The van der Waals surface area contributed by atoms with Crippen molar-refractivity contribution >= 4 is 11.6 Å². The minimum absolute atomic E-state index is 0.0880. The number of nitrogens with one attached hydrogen (secondary N) is 1. The van der Waals surface area contributed by atoms with Crippen LogP contribution in [0.3, 0.4) is 0 Å². The van der Waals surface area contributed by atoms with Crippen molar-refractivity contribution in [3.8, 4) is 5.69 Å². The van der Waals surface area contributed by atoms with E-state index in [9.17, 15) is 0 Å². The van der Waals surface area contributed by atoms with Gasteiger partial charge in [-0.2, -0.15) is 5.10 Å². The highest BCUT2D eigenvalue weighted by Gasteiger charge is 2.11. The first-order valence-corrected chi connectivity index (χ1v) is 7.08. The van der Waals surface area contributed by atoms with Crippen LogP contribution < -0.4 is 5.32 Å². The number of hydrogen-bond donors (Lipinski definition) is 1. The topological polar surface area (TPSA) is 42.7 Å². The van der Waals surface area contributed by atoms with Gasteiger partial charge in [0.25, 0.3) is 0 Å². The number of halogens is 1. The average Bonchev–Trinajstić information content (AvgIpc) is 2.65. The molecule has 5 heteroatoms. The van der Waals surface area contributed by atoms with Gasteiger partial charge in [0.1, 0.15) is 11.6 Å². The minimum Gasteiger partial charge on any atom is -0.308 e. The summed E-state index contributed by atoms with van der Waals surface area (Å²) in [6.07, 6.45) is 0. The van der Waals surface area contributed by atoms with Crippen molar-refractivity contribution in [1.29, 1.82) is 0 Å². The van der Waals surface area contributed by atoms with Crippen LogP contribution in [0.15, 0.2) is 18.2 Å². The molecule has 0 saturated carbocycles. The van der Waals surface area contributed by atoms with E-state index in [0.29, 0.717) is 5.02 Å². The fraction of sp³-hybridized carbons (Fsp3) is 0.467. The van der Waals surface area contributed by atoms with Crippen molar-refractivity contribution in [2.24, 2.45) is 0 Å². The van der Waals surface area contributed by atoms with Gasteiger partial charge in [0.05, 0.1) is 10.7 Å². The largest absolute Gasteiger partial charge is 0.308 e. The summed E-state index contributed by atoms with van der Waals surface area (Å²) >= 11 is 6.38. The zero-order valence-corrected chi connectivity index (χ0v) is 13.4. The quantitative estimate of drug-likeness (QED) is 0.942. The highest BCUT2D eigenvalue weighted by molar-refractivity contribution is 6.32. The van der Waals surface area contributed by atoms with Gasteiger partial charge < -0.3 is 5.32 Å². The number of aryl methyl sites for hydroxylation is 2. The molecule has 1 N–H and O–H groups in total. The van der Waals surface area contributed by atoms with Gasteiger partial charge in [0.15, 0.2) is 0 Å². The van der Waals surface area contributed by atoms with Gasteiger partial charge in [-0.3, -0.25) is 0 Å². The van der Waals surface area contributed by atoms with E-state index in [1.807, 2.05) is 26.0 Å². The first-order valence-electron chi connectivity index (χ1n) is 6.70. The molecule has 2 rings (SSSR count). The molecule has 0 fully saturated rings. The van der Waals surface area contributed by atoms with Crippen LogP contribution in [0.2, 0.25) is 5.02 Å². The predicted octanol–water partition coefficient (Wildman–Crippen LogP) is 3.43. The molecule has 0 amide bonds. The Hall–Kier alpha value is -1.39. The van der Waals surface area contributed by atoms with Gasteiger partial charge >= 0.3 is 0 Å². The zero-order chi connectivity index (χ0) is 14.9. The smallest absolute Gasteiger partial charge is 0.148 e. The summed E-state index contributed by atoms with van der Waals surface area (Å²) in [5, 5.41) is 8.49. The average molecular weight is 293 g/mol. The molecule has 0 atom stereocenters. The van der Waals surface area contributed by atoms with Crippen LogP contribution in [-0.4, -0.2) is 20.3 Å².